The highest BCUT2D eigenvalue weighted by molar-refractivity contribution is 7.47. The second kappa shape index (κ2) is 70.2. The van der Waals surface area contributed by atoms with E-state index in [-0.39, 0.29) is 25.7 Å². The van der Waals surface area contributed by atoms with Crippen LogP contribution >= 0.6 is 15.6 Å². The third kappa shape index (κ3) is 71.9. The molecule has 17 nitrogen and oxygen atoms in total. The van der Waals surface area contributed by atoms with E-state index in [0.29, 0.717) is 25.7 Å². The first kappa shape index (κ1) is 95.5. The number of hydrogen-bond donors (Lipinski definition) is 3. The van der Waals surface area contributed by atoms with Crippen molar-refractivity contribution in [3.8, 4) is 0 Å². The van der Waals surface area contributed by atoms with E-state index in [1.54, 1.807) is 0 Å². The van der Waals surface area contributed by atoms with Gasteiger partial charge in [0, 0.05) is 25.7 Å². The van der Waals surface area contributed by atoms with Gasteiger partial charge in [0.1, 0.15) is 19.3 Å². The normalized spacial score (nSPS) is 14.1. The van der Waals surface area contributed by atoms with Gasteiger partial charge >= 0.3 is 39.5 Å². The van der Waals surface area contributed by atoms with Crippen LogP contribution in [-0.2, 0) is 65.4 Å². The molecule has 0 aromatic rings. The number of carbonyl (C=O) groups is 4. The summed E-state index contributed by atoms with van der Waals surface area (Å²) in [7, 11) is -9.93. The van der Waals surface area contributed by atoms with E-state index in [9.17, 15) is 43.2 Å². The number of aliphatic hydroxyl groups excluding tert-OH is 1. The zero-order chi connectivity index (χ0) is 72.1. The summed E-state index contributed by atoms with van der Waals surface area (Å²) >= 11 is 0. The fourth-order valence-corrected chi connectivity index (χ4v) is 13.2. The molecule has 0 aliphatic heterocycles. The summed E-state index contributed by atoms with van der Waals surface area (Å²) in [5.41, 5.74) is 0. The number of unbranched alkanes of at least 4 members (excludes halogenated alkanes) is 43. The van der Waals surface area contributed by atoms with Crippen molar-refractivity contribution in [2.75, 3.05) is 39.6 Å². The summed E-state index contributed by atoms with van der Waals surface area (Å²) in [5, 5.41) is 10.6. The maximum Gasteiger partial charge on any atom is 0.472 e. The van der Waals surface area contributed by atoms with Crippen LogP contribution in [0.15, 0.2) is 24.3 Å². The summed E-state index contributed by atoms with van der Waals surface area (Å²) < 4.78 is 68.6. The van der Waals surface area contributed by atoms with Gasteiger partial charge in [0.05, 0.1) is 26.4 Å². The van der Waals surface area contributed by atoms with Gasteiger partial charge < -0.3 is 33.8 Å². The first-order valence-electron chi connectivity index (χ1n) is 40.3. The molecule has 19 heteroatoms. The number of phosphoric ester groups is 2. The molecule has 5 atom stereocenters. The number of carbonyl (C=O) groups excluding carboxylic acids is 4. The van der Waals surface area contributed by atoms with Crippen LogP contribution in [0.2, 0.25) is 0 Å². The molecule has 578 valence electrons. The van der Waals surface area contributed by atoms with Crippen LogP contribution in [0.1, 0.15) is 388 Å². The first-order chi connectivity index (χ1) is 47.4. The Bertz CT molecular complexity index is 1980. The smallest absolute Gasteiger partial charge is 0.462 e. The third-order valence-electron chi connectivity index (χ3n) is 17.8. The SMILES string of the molecule is CCCCCC/C=C\C=C/CCCCCCCC(=O)OC[C@H](COP(=O)(O)OC[C@@H](O)COP(=O)(O)OC[C@@H](COC(=O)CCCCCCCCCCCC(C)C)OC(=O)CCCCCCCCCCCCCCC(C)C)OC(=O)CCCCCCCCCCCCCCCCCC. The molecule has 0 aromatic heterocycles. The van der Waals surface area contributed by atoms with Gasteiger partial charge in [-0.05, 0) is 63.2 Å². The van der Waals surface area contributed by atoms with Gasteiger partial charge in [0.15, 0.2) is 12.2 Å². The van der Waals surface area contributed by atoms with E-state index in [0.717, 1.165) is 121 Å². The molecule has 2 unspecified atom stereocenters. The Balaban J connectivity index is 5.30. The summed E-state index contributed by atoms with van der Waals surface area (Å²) in [6, 6.07) is 0. The van der Waals surface area contributed by atoms with Gasteiger partial charge in [-0.25, -0.2) is 9.13 Å². The summed E-state index contributed by atoms with van der Waals surface area (Å²) in [5.74, 6) is -0.623. The second-order valence-electron chi connectivity index (χ2n) is 28.7. The van der Waals surface area contributed by atoms with Gasteiger partial charge in [-0.3, -0.25) is 37.3 Å². The summed E-state index contributed by atoms with van der Waals surface area (Å²) in [4.78, 5) is 73.0. The van der Waals surface area contributed by atoms with Crippen LogP contribution in [-0.4, -0.2) is 96.7 Å². The van der Waals surface area contributed by atoms with Crippen molar-refractivity contribution >= 4 is 39.5 Å². The summed E-state index contributed by atoms with van der Waals surface area (Å²) in [6.07, 6.45) is 61.7. The number of hydrogen-bond acceptors (Lipinski definition) is 15. The fraction of sp³-hybridized carbons (Fsp3) is 0.899. The zero-order valence-electron chi connectivity index (χ0n) is 63.6. The lowest BCUT2D eigenvalue weighted by Crippen LogP contribution is -2.30. The van der Waals surface area contributed by atoms with Crippen LogP contribution in [0.25, 0.3) is 0 Å². The second-order valence-corrected chi connectivity index (χ2v) is 31.6. The molecule has 0 spiro atoms. The maximum atomic E-state index is 13.1. The molecule has 0 amide bonds. The zero-order valence-corrected chi connectivity index (χ0v) is 65.4. The van der Waals surface area contributed by atoms with Gasteiger partial charge in [0.25, 0.3) is 0 Å². The predicted molar refractivity (Wildman–Crippen MR) is 400 cm³/mol. The molecular weight excluding hydrogens is 1280 g/mol. The number of rotatable bonds is 76. The van der Waals surface area contributed by atoms with E-state index in [1.807, 2.05) is 0 Å². The van der Waals surface area contributed by atoms with Crippen LogP contribution < -0.4 is 0 Å². The van der Waals surface area contributed by atoms with Crippen molar-refractivity contribution in [3.63, 3.8) is 0 Å². The lowest BCUT2D eigenvalue weighted by Gasteiger charge is -2.21. The lowest BCUT2D eigenvalue weighted by molar-refractivity contribution is -0.161. The highest BCUT2D eigenvalue weighted by Crippen LogP contribution is 2.45. The van der Waals surface area contributed by atoms with Crippen molar-refractivity contribution < 1.29 is 80.2 Å². The van der Waals surface area contributed by atoms with Crippen molar-refractivity contribution in [1.29, 1.82) is 0 Å². The van der Waals surface area contributed by atoms with Gasteiger partial charge in [0.2, 0.25) is 0 Å². The monoisotopic (exact) mass is 1430 g/mol. The molecule has 0 aromatic carbocycles. The van der Waals surface area contributed by atoms with Crippen LogP contribution in [0, 0.1) is 11.8 Å². The van der Waals surface area contributed by atoms with E-state index in [4.69, 9.17) is 37.0 Å². The molecule has 98 heavy (non-hydrogen) atoms. The van der Waals surface area contributed by atoms with Gasteiger partial charge in [-0.2, -0.15) is 0 Å². The molecule has 0 radical (unpaired) electrons. The molecule has 3 N–H and O–H groups in total. The molecule has 0 fully saturated rings. The quantitative estimate of drug-likeness (QED) is 0.0169. The Hall–Kier alpha value is -2.46. The number of aliphatic hydroxyl groups is 1. The van der Waals surface area contributed by atoms with Crippen molar-refractivity contribution in [3.05, 3.63) is 24.3 Å². The Morgan fingerprint density at radius 2 is 0.551 bits per heavy atom. The number of esters is 4. The fourth-order valence-electron chi connectivity index (χ4n) is 11.6. The minimum absolute atomic E-state index is 0.101. The van der Waals surface area contributed by atoms with E-state index in [2.05, 4.69) is 65.8 Å². The van der Waals surface area contributed by atoms with Gasteiger partial charge in [-0.15, -0.1) is 0 Å². The largest absolute Gasteiger partial charge is 0.472 e. The van der Waals surface area contributed by atoms with Gasteiger partial charge in [-0.1, -0.05) is 336 Å². The van der Waals surface area contributed by atoms with Crippen molar-refractivity contribution in [2.24, 2.45) is 11.8 Å². The Morgan fingerprint density at radius 1 is 0.316 bits per heavy atom. The maximum absolute atomic E-state index is 13.1. The Kier molecular flexibility index (Phi) is 68.5. The number of allylic oxidation sites excluding steroid dienone is 4. The Morgan fingerprint density at radius 3 is 0.837 bits per heavy atom. The van der Waals surface area contributed by atoms with E-state index < -0.39 is 97.5 Å². The van der Waals surface area contributed by atoms with Crippen LogP contribution in [0.5, 0.6) is 0 Å². The molecule has 0 aliphatic rings. The highest BCUT2D eigenvalue weighted by Gasteiger charge is 2.30. The lowest BCUT2D eigenvalue weighted by atomic mass is 10.0. The van der Waals surface area contributed by atoms with Crippen molar-refractivity contribution in [2.45, 2.75) is 407 Å². The molecule has 0 saturated heterocycles. The molecule has 0 rings (SSSR count). The molecular formula is C79H150O17P2. The molecule has 0 saturated carbocycles. The average Bonchev–Trinajstić information content (AvgIpc) is 1.13. The standard InChI is InChI=1S/C79H150O17P2/c1-7-9-11-13-15-17-19-21-23-25-27-32-38-45-51-57-63-78(83)95-74(67-89-76(81)61-55-49-43-37-31-26-24-22-20-18-16-14-12-10-8-2)69-93-97(85,86)91-65-73(80)66-92-98(87,88)94-70-75(68-90-77(82)62-56-50-44-40-34-36-42-48-54-60-72(5)6)96-79(84)64-58-52-46-39-33-29-28-30-35-41-47-53-59-71(3)4/h18,20,22,24,71-75,80H,7-17,19,21,23,25-70H2,1-6H3,(H,85,86)(H,87,88)/b20-18-,24-22-/t73-,74-,75-/m1/s1. The van der Waals surface area contributed by atoms with Crippen molar-refractivity contribution in [1.82, 2.24) is 0 Å². The Labute approximate surface area is 599 Å². The van der Waals surface area contributed by atoms with Crippen LogP contribution in [0.4, 0.5) is 0 Å². The number of ether oxygens (including phenoxy) is 4. The first-order valence-corrected chi connectivity index (χ1v) is 43.3. The molecule has 0 aliphatic carbocycles. The van der Waals surface area contributed by atoms with E-state index >= 15 is 0 Å². The molecule has 0 bridgehead atoms. The van der Waals surface area contributed by atoms with E-state index in [1.165, 1.54) is 186 Å². The highest BCUT2D eigenvalue weighted by atomic mass is 31.2. The minimum Gasteiger partial charge on any atom is -0.462 e. The minimum atomic E-state index is -4.97. The topological polar surface area (TPSA) is 237 Å². The number of phosphoric acid groups is 2. The van der Waals surface area contributed by atoms with Crippen LogP contribution in [0.3, 0.4) is 0 Å². The predicted octanol–water partition coefficient (Wildman–Crippen LogP) is 23.1. The average molecular weight is 1430 g/mol. The third-order valence-corrected chi connectivity index (χ3v) is 19.7. The summed E-state index contributed by atoms with van der Waals surface area (Å²) in [6.45, 7) is 9.55. The molecule has 0 heterocycles.